The maximum Gasteiger partial charge on any atom is 0.140 e. The van der Waals surface area contributed by atoms with E-state index in [1.54, 1.807) is 0 Å². The normalized spacial score (nSPS) is 21.1. The van der Waals surface area contributed by atoms with Crippen molar-refractivity contribution < 1.29 is 0 Å². The molecule has 0 bridgehead atoms. The zero-order valence-corrected chi connectivity index (χ0v) is 10.2. The van der Waals surface area contributed by atoms with E-state index in [0.29, 0.717) is 0 Å². The molecule has 1 heterocycles. The third-order valence-corrected chi connectivity index (χ3v) is 2.57. The van der Waals surface area contributed by atoms with Crippen molar-refractivity contribution in [2.24, 2.45) is 4.99 Å². The number of aliphatic imine (C=N–C) groups is 1. The Morgan fingerprint density at radius 3 is 2.59 bits per heavy atom. The first-order chi connectivity index (χ1) is 8.16. The highest BCUT2D eigenvalue weighted by Gasteiger charge is 2.08. The summed E-state index contributed by atoms with van der Waals surface area (Å²) in [5.41, 5.74) is 3.02. The molecule has 0 radical (unpaired) electrons. The molecular formula is C15H16N2. The van der Waals surface area contributed by atoms with E-state index in [-0.39, 0.29) is 0 Å². The molecule has 0 aromatic heterocycles. The van der Waals surface area contributed by atoms with E-state index in [0.717, 1.165) is 22.7 Å². The van der Waals surface area contributed by atoms with Crippen LogP contribution in [0.15, 0.2) is 71.5 Å². The van der Waals surface area contributed by atoms with Crippen molar-refractivity contribution in [3.63, 3.8) is 0 Å². The fourth-order valence-electron chi connectivity index (χ4n) is 1.71. The highest BCUT2D eigenvalue weighted by molar-refractivity contribution is 6.00. The zero-order chi connectivity index (χ0) is 12.3. The average Bonchev–Trinajstić information content (AvgIpc) is 2.33. The Bertz CT molecular complexity index is 507. The van der Waals surface area contributed by atoms with Crippen LogP contribution in [-0.4, -0.2) is 17.8 Å². The second-order valence-electron chi connectivity index (χ2n) is 4.11. The number of hydrogen-bond donors (Lipinski definition) is 0. The molecule has 0 atom stereocenters. The van der Waals surface area contributed by atoms with Gasteiger partial charge in [-0.2, -0.15) is 0 Å². The van der Waals surface area contributed by atoms with Gasteiger partial charge in [0.1, 0.15) is 5.84 Å². The third-order valence-electron chi connectivity index (χ3n) is 2.57. The van der Waals surface area contributed by atoms with E-state index in [1.807, 2.05) is 49.3 Å². The third kappa shape index (κ3) is 2.72. The van der Waals surface area contributed by atoms with Crippen LogP contribution in [0.1, 0.15) is 12.5 Å². The second-order valence-corrected chi connectivity index (χ2v) is 4.11. The molecular weight excluding hydrogens is 208 g/mol. The smallest absolute Gasteiger partial charge is 0.140 e. The van der Waals surface area contributed by atoms with Crippen molar-refractivity contribution in [3.05, 3.63) is 72.1 Å². The van der Waals surface area contributed by atoms with Crippen LogP contribution in [0.3, 0.4) is 0 Å². The van der Waals surface area contributed by atoms with Crippen LogP contribution in [-0.2, 0) is 0 Å². The molecule has 17 heavy (non-hydrogen) atoms. The van der Waals surface area contributed by atoms with Crippen LogP contribution in [0.25, 0.3) is 0 Å². The standard InChI is InChI=1S/C15H16N2/c1-12-9-10-17(3)15(16-13(2)11-12)14-7-5-4-6-8-14/h4-11H,2H2,1,3H3/b10-9-,12-11-,16-15?. The lowest BCUT2D eigenvalue weighted by atomic mass is 10.1. The number of allylic oxidation sites excluding steroid dienone is 3. The first-order valence-corrected chi connectivity index (χ1v) is 5.59. The molecule has 1 aromatic rings. The lowest BCUT2D eigenvalue weighted by Gasteiger charge is -2.19. The zero-order valence-electron chi connectivity index (χ0n) is 10.2. The van der Waals surface area contributed by atoms with Gasteiger partial charge in [0.2, 0.25) is 0 Å². The average molecular weight is 224 g/mol. The first kappa shape index (κ1) is 11.4. The SMILES string of the molecule is C=C1/C=C(C)\C=C/N(C)C(c2ccccc2)=N1. The summed E-state index contributed by atoms with van der Waals surface area (Å²) in [5.74, 6) is 0.913. The van der Waals surface area contributed by atoms with Gasteiger partial charge in [0, 0.05) is 18.8 Å². The lowest BCUT2D eigenvalue weighted by Crippen LogP contribution is -2.22. The fourth-order valence-corrected chi connectivity index (χ4v) is 1.71. The number of rotatable bonds is 1. The molecule has 2 heteroatoms. The summed E-state index contributed by atoms with van der Waals surface area (Å²) in [5, 5.41) is 0. The van der Waals surface area contributed by atoms with Crippen LogP contribution in [0.5, 0.6) is 0 Å². The second kappa shape index (κ2) is 4.83. The summed E-state index contributed by atoms with van der Waals surface area (Å²) < 4.78 is 0. The molecule has 0 aliphatic carbocycles. The maximum atomic E-state index is 4.56. The summed E-state index contributed by atoms with van der Waals surface area (Å²) in [6.45, 7) is 5.99. The molecule has 1 aliphatic rings. The predicted molar refractivity (Wildman–Crippen MR) is 72.8 cm³/mol. The van der Waals surface area contributed by atoms with Gasteiger partial charge in [0.25, 0.3) is 0 Å². The topological polar surface area (TPSA) is 15.6 Å². The summed E-state index contributed by atoms with van der Waals surface area (Å²) in [6.07, 6.45) is 6.05. The Labute approximate surface area is 102 Å². The Balaban J connectivity index is 2.46. The summed E-state index contributed by atoms with van der Waals surface area (Å²) >= 11 is 0. The van der Waals surface area contributed by atoms with Crippen LogP contribution in [0.4, 0.5) is 0 Å². The monoisotopic (exact) mass is 224 g/mol. The highest BCUT2D eigenvalue weighted by atomic mass is 15.1. The Kier molecular flexibility index (Phi) is 3.24. The molecule has 0 saturated heterocycles. The summed E-state index contributed by atoms with van der Waals surface area (Å²) in [4.78, 5) is 6.57. The molecule has 0 amide bonds. The van der Waals surface area contributed by atoms with Gasteiger partial charge in [-0.05, 0) is 24.6 Å². The van der Waals surface area contributed by atoms with Crippen molar-refractivity contribution in [3.8, 4) is 0 Å². The Morgan fingerprint density at radius 2 is 1.88 bits per heavy atom. The minimum atomic E-state index is 0.776. The minimum absolute atomic E-state index is 0.776. The highest BCUT2D eigenvalue weighted by Crippen LogP contribution is 2.13. The van der Waals surface area contributed by atoms with E-state index >= 15 is 0 Å². The molecule has 1 aromatic carbocycles. The summed E-state index contributed by atoms with van der Waals surface area (Å²) in [7, 11) is 1.99. The quantitative estimate of drug-likeness (QED) is 0.714. The van der Waals surface area contributed by atoms with Gasteiger partial charge in [0.15, 0.2) is 0 Å². The molecule has 0 spiro atoms. The first-order valence-electron chi connectivity index (χ1n) is 5.59. The van der Waals surface area contributed by atoms with Gasteiger partial charge in [0.05, 0.1) is 5.70 Å². The molecule has 2 rings (SSSR count). The number of nitrogens with zero attached hydrogens (tertiary/aromatic N) is 2. The Morgan fingerprint density at radius 1 is 1.18 bits per heavy atom. The van der Waals surface area contributed by atoms with E-state index in [2.05, 4.69) is 29.8 Å². The van der Waals surface area contributed by atoms with Gasteiger partial charge in [-0.3, -0.25) is 0 Å². The largest absolute Gasteiger partial charge is 0.336 e. The van der Waals surface area contributed by atoms with Crippen molar-refractivity contribution in [2.75, 3.05) is 7.05 Å². The predicted octanol–water partition coefficient (Wildman–Crippen LogP) is 3.35. The molecule has 2 nitrogen and oxygen atoms in total. The molecule has 0 unspecified atom stereocenters. The van der Waals surface area contributed by atoms with Crippen molar-refractivity contribution in [1.82, 2.24) is 4.90 Å². The summed E-state index contributed by atoms with van der Waals surface area (Å²) in [6, 6.07) is 10.1. The fraction of sp³-hybridized carbons (Fsp3) is 0.133. The number of benzene rings is 1. The van der Waals surface area contributed by atoms with E-state index < -0.39 is 0 Å². The van der Waals surface area contributed by atoms with Crippen LogP contribution < -0.4 is 0 Å². The van der Waals surface area contributed by atoms with E-state index in [1.165, 1.54) is 0 Å². The van der Waals surface area contributed by atoms with Gasteiger partial charge in [-0.15, -0.1) is 0 Å². The molecule has 0 saturated carbocycles. The van der Waals surface area contributed by atoms with Gasteiger partial charge in [-0.25, -0.2) is 4.99 Å². The Hall–Kier alpha value is -2.09. The van der Waals surface area contributed by atoms with Gasteiger partial charge < -0.3 is 4.90 Å². The van der Waals surface area contributed by atoms with Gasteiger partial charge >= 0.3 is 0 Å². The van der Waals surface area contributed by atoms with E-state index in [9.17, 15) is 0 Å². The maximum absolute atomic E-state index is 4.56. The van der Waals surface area contributed by atoms with E-state index in [4.69, 9.17) is 0 Å². The molecule has 0 fully saturated rings. The van der Waals surface area contributed by atoms with Crippen molar-refractivity contribution >= 4 is 5.84 Å². The van der Waals surface area contributed by atoms with Gasteiger partial charge in [-0.1, -0.05) is 36.9 Å². The van der Waals surface area contributed by atoms with Crippen LogP contribution in [0.2, 0.25) is 0 Å². The lowest BCUT2D eigenvalue weighted by molar-refractivity contribution is 0.686. The van der Waals surface area contributed by atoms with Crippen molar-refractivity contribution in [1.29, 1.82) is 0 Å². The van der Waals surface area contributed by atoms with Crippen LogP contribution in [0, 0.1) is 0 Å². The van der Waals surface area contributed by atoms with Crippen molar-refractivity contribution in [2.45, 2.75) is 6.92 Å². The molecule has 0 N–H and O–H groups in total. The number of hydrogen-bond acceptors (Lipinski definition) is 2. The molecule has 1 aliphatic heterocycles. The molecule has 86 valence electrons. The number of amidine groups is 1. The van der Waals surface area contributed by atoms with Crippen LogP contribution >= 0.6 is 0 Å². The minimum Gasteiger partial charge on any atom is -0.336 e.